The van der Waals surface area contributed by atoms with Gasteiger partial charge < -0.3 is 9.64 Å². The van der Waals surface area contributed by atoms with E-state index in [0.29, 0.717) is 18.0 Å². The van der Waals surface area contributed by atoms with Gasteiger partial charge in [0.1, 0.15) is 4.88 Å². The van der Waals surface area contributed by atoms with Gasteiger partial charge in [-0.2, -0.15) is 0 Å². The van der Waals surface area contributed by atoms with Crippen LogP contribution in [0.2, 0.25) is 0 Å². The Bertz CT molecular complexity index is 805. The van der Waals surface area contributed by atoms with Crippen molar-refractivity contribution in [2.24, 2.45) is 0 Å². The summed E-state index contributed by atoms with van der Waals surface area (Å²) in [4.78, 5) is 28.7. The summed E-state index contributed by atoms with van der Waals surface area (Å²) in [5.74, 6) is -0.496. The second kappa shape index (κ2) is 6.64. The zero-order chi connectivity index (χ0) is 17.4. The summed E-state index contributed by atoms with van der Waals surface area (Å²) < 4.78 is 5.46. The van der Waals surface area contributed by atoms with Crippen molar-refractivity contribution in [2.75, 3.05) is 6.54 Å². The van der Waals surface area contributed by atoms with E-state index in [4.69, 9.17) is 4.74 Å². The van der Waals surface area contributed by atoms with Gasteiger partial charge in [0.15, 0.2) is 6.10 Å². The SMILES string of the molecule is C[C@H](OC(=O)c1cc2c(s1)CCC2)C(=O)N1CCc2ccccc2C1. The van der Waals surface area contributed by atoms with Gasteiger partial charge in [0, 0.05) is 18.0 Å². The van der Waals surface area contributed by atoms with Crippen LogP contribution < -0.4 is 0 Å². The standard InChI is InChI=1S/C20H21NO3S/c1-13(24-20(23)18-11-15-7-4-8-17(15)25-18)19(22)21-10-9-14-5-2-3-6-16(14)12-21/h2-3,5-6,11,13H,4,7-10,12H2,1H3/t13-/m0/s1. The predicted octanol–water partition coefficient (Wildman–Crippen LogP) is 3.37. The van der Waals surface area contributed by atoms with Crippen LogP contribution in [0.1, 0.15) is 44.6 Å². The van der Waals surface area contributed by atoms with Crippen molar-refractivity contribution in [1.29, 1.82) is 0 Å². The molecule has 25 heavy (non-hydrogen) atoms. The van der Waals surface area contributed by atoms with E-state index in [0.717, 1.165) is 19.3 Å². The van der Waals surface area contributed by atoms with Crippen molar-refractivity contribution in [3.8, 4) is 0 Å². The maximum atomic E-state index is 12.7. The molecule has 1 amide bonds. The summed E-state index contributed by atoms with van der Waals surface area (Å²) in [5.41, 5.74) is 3.74. The van der Waals surface area contributed by atoms with E-state index >= 15 is 0 Å². The molecule has 0 unspecified atom stereocenters. The Morgan fingerprint density at radius 2 is 1.92 bits per heavy atom. The number of esters is 1. The molecule has 5 heteroatoms. The highest BCUT2D eigenvalue weighted by Crippen LogP contribution is 2.31. The fourth-order valence-electron chi connectivity index (χ4n) is 3.64. The summed E-state index contributed by atoms with van der Waals surface area (Å²) in [6.45, 7) is 2.93. The molecule has 4 nitrogen and oxygen atoms in total. The summed E-state index contributed by atoms with van der Waals surface area (Å²) in [7, 11) is 0. The molecule has 2 heterocycles. The maximum absolute atomic E-state index is 12.7. The second-order valence-corrected chi connectivity index (χ2v) is 7.88. The molecule has 130 valence electrons. The van der Waals surface area contributed by atoms with Crippen molar-refractivity contribution in [2.45, 2.75) is 45.3 Å². The van der Waals surface area contributed by atoms with Crippen molar-refractivity contribution in [3.05, 3.63) is 56.8 Å². The number of thiophene rings is 1. The van der Waals surface area contributed by atoms with Crippen LogP contribution >= 0.6 is 11.3 Å². The lowest BCUT2D eigenvalue weighted by Gasteiger charge is -2.30. The number of hydrogen-bond donors (Lipinski definition) is 0. The number of carbonyl (C=O) groups is 2. The van der Waals surface area contributed by atoms with E-state index in [1.165, 1.54) is 39.3 Å². The number of carbonyl (C=O) groups excluding carboxylic acids is 2. The van der Waals surface area contributed by atoms with Gasteiger partial charge in [-0.05, 0) is 55.4 Å². The van der Waals surface area contributed by atoms with Crippen LogP contribution in [0.3, 0.4) is 0 Å². The Morgan fingerprint density at radius 3 is 2.72 bits per heavy atom. The molecule has 1 aromatic heterocycles. The van der Waals surface area contributed by atoms with E-state index < -0.39 is 6.10 Å². The molecule has 1 aliphatic carbocycles. The monoisotopic (exact) mass is 355 g/mol. The van der Waals surface area contributed by atoms with E-state index in [2.05, 4.69) is 12.1 Å². The number of fused-ring (bicyclic) bond motifs is 2. The number of amides is 1. The van der Waals surface area contributed by atoms with E-state index in [9.17, 15) is 9.59 Å². The third-order valence-corrected chi connectivity index (χ3v) is 6.24. The third kappa shape index (κ3) is 3.21. The highest BCUT2D eigenvalue weighted by molar-refractivity contribution is 7.14. The lowest BCUT2D eigenvalue weighted by atomic mass is 9.99. The summed E-state index contributed by atoms with van der Waals surface area (Å²) in [6, 6.07) is 10.1. The van der Waals surface area contributed by atoms with Gasteiger partial charge in [0.25, 0.3) is 5.91 Å². The highest BCUT2D eigenvalue weighted by Gasteiger charge is 2.28. The van der Waals surface area contributed by atoms with Crippen LogP contribution in [0, 0.1) is 0 Å². The van der Waals surface area contributed by atoms with E-state index in [1.807, 2.05) is 18.2 Å². The van der Waals surface area contributed by atoms with Gasteiger partial charge in [-0.3, -0.25) is 4.79 Å². The number of ether oxygens (including phenoxy) is 1. The highest BCUT2D eigenvalue weighted by atomic mass is 32.1. The molecule has 0 saturated carbocycles. The van der Waals surface area contributed by atoms with Crippen molar-refractivity contribution >= 4 is 23.2 Å². The Labute approximate surface area is 151 Å². The Hall–Kier alpha value is -2.14. The molecule has 4 rings (SSSR count). The molecular formula is C20H21NO3S. The Balaban J connectivity index is 1.39. The minimum atomic E-state index is -0.755. The first kappa shape index (κ1) is 16.3. The first-order valence-electron chi connectivity index (χ1n) is 8.80. The Morgan fingerprint density at radius 1 is 1.12 bits per heavy atom. The van der Waals surface area contributed by atoms with Crippen molar-refractivity contribution in [1.82, 2.24) is 4.90 Å². The molecular weight excluding hydrogens is 334 g/mol. The lowest BCUT2D eigenvalue weighted by molar-refractivity contribution is -0.140. The first-order chi connectivity index (χ1) is 12.1. The Kier molecular flexibility index (Phi) is 4.34. The number of benzene rings is 1. The maximum Gasteiger partial charge on any atom is 0.349 e. The van der Waals surface area contributed by atoms with Gasteiger partial charge in [-0.25, -0.2) is 4.79 Å². The lowest BCUT2D eigenvalue weighted by Crippen LogP contribution is -2.42. The first-order valence-corrected chi connectivity index (χ1v) is 9.61. The molecule has 2 aliphatic rings. The molecule has 0 spiro atoms. The van der Waals surface area contributed by atoms with Crippen LogP contribution in [-0.2, 0) is 35.3 Å². The topological polar surface area (TPSA) is 46.6 Å². The number of nitrogens with zero attached hydrogens (tertiary/aromatic N) is 1. The average Bonchev–Trinajstić information content (AvgIpc) is 3.22. The largest absolute Gasteiger partial charge is 0.448 e. The molecule has 1 aliphatic heterocycles. The molecule has 0 N–H and O–H groups in total. The zero-order valence-electron chi connectivity index (χ0n) is 14.3. The quantitative estimate of drug-likeness (QED) is 0.793. The summed E-state index contributed by atoms with van der Waals surface area (Å²) in [5, 5.41) is 0. The normalized spacial score (nSPS) is 16.9. The minimum absolute atomic E-state index is 0.119. The summed E-state index contributed by atoms with van der Waals surface area (Å²) >= 11 is 1.51. The number of rotatable bonds is 3. The van der Waals surface area contributed by atoms with Crippen molar-refractivity contribution in [3.63, 3.8) is 0 Å². The van der Waals surface area contributed by atoms with Gasteiger partial charge in [-0.15, -0.1) is 11.3 Å². The molecule has 0 radical (unpaired) electrons. The number of hydrogen-bond acceptors (Lipinski definition) is 4. The van der Waals surface area contributed by atoms with E-state index in [-0.39, 0.29) is 11.9 Å². The van der Waals surface area contributed by atoms with Gasteiger partial charge in [-0.1, -0.05) is 24.3 Å². The van der Waals surface area contributed by atoms with Crippen LogP contribution in [0.4, 0.5) is 0 Å². The molecule has 0 saturated heterocycles. The second-order valence-electron chi connectivity index (χ2n) is 6.74. The smallest absolute Gasteiger partial charge is 0.349 e. The molecule has 1 atom stereocenters. The van der Waals surface area contributed by atoms with Crippen LogP contribution in [0.25, 0.3) is 0 Å². The zero-order valence-corrected chi connectivity index (χ0v) is 15.1. The van der Waals surface area contributed by atoms with Gasteiger partial charge >= 0.3 is 5.97 Å². The van der Waals surface area contributed by atoms with Crippen LogP contribution in [-0.4, -0.2) is 29.4 Å². The van der Waals surface area contributed by atoms with Crippen molar-refractivity contribution < 1.29 is 14.3 Å². The van der Waals surface area contributed by atoms with Gasteiger partial charge in [0.05, 0.1) is 0 Å². The van der Waals surface area contributed by atoms with Gasteiger partial charge in [0.2, 0.25) is 0 Å². The molecule has 1 aromatic carbocycles. The minimum Gasteiger partial charge on any atom is -0.448 e. The molecule has 0 bridgehead atoms. The summed E-state index contributed by atoms with van der Waals surface area (Å²) in [6.07, 6.45) is 3.35. The third-order valence-electron chi connectivity index (χ3n) is 5.02. The molecule has 2 aromatic rings. The fourth-order valence-corrected chi connectivity index (χ4v) is 4.78. The van der Waals surface area contributed by atoms with Crippen LogP contribution in [0.5, 0.6) is 0 Å². The fraction of sp³-hybridized carbons (Fsp3) is 0.400. The number of aryl methyl sites for hydroxylation is 2. The van der Waals surface area contributed by atoms with E-state index in [1.54, 1.807) is 11.8 Å². The average molecular weight is 355 g/mol. The molecule has 0 fully saturated rings. The predicted molar refractivity (Wildman–Crippen MR) is 96.8 cm³/mol. The van der Waals surface area contributed by atoms with Crippen LogP contribution in [0.15, 0.2) is 30.3 Å².